The summed E-state index contributed by atoms with van der Waals surface area (Å²) in [5.74, 6) is -0.473. The van der Waals surface area contributed by atoms with Crippen molar-refractivity contribution in [1.29, 1.82) is 0 Å². The molecule has 7 nitrogen and oxygen atoms in total. The van der Waals surface area contributed by atoms with Crippen molar-refractivity contribution in [3.63, 3.8) is 0 Å². The highest BCUT2D eigenvalue weighted by atomic mass is 79.9. The van der Waals surface area contributed by atoms with Crippen LogP contribution in [0.15, 0.2) is 46.9 Å². The normalized spacial score (nSPS) is 15.2. The number of hydrogen-bond acceptors (Lipinski definition) is 6. The molecule has 1 heterocycles. The molecule has 1 aliphatic rings. The largest absolute Gasteiger partial charge is 0.468 e. The Morgan fingerprint density at radius 2 is 1.94 bits per heavy atom. The Kier molecular flexibility index (Phi) is 9.50. The number of carbonyl (C=O) groups is 2. The van der Waals surface area contributed by atoms with Gasteiger partial charge in [0.1, 0.15) is 0 Å². The highest BCUT2D eigenvalue weighted by Gasteiger charge is 2.22. The number of halogens is 2. The van der Waals surface area contributed by atoms with Crippen LogP contribution in [0.25, 0.3) is 0 Å². The topological polar surface area (TPSA) is 79.9 Å². The first-order chi connectivity index (χ1) is 15.5. The predicted molar refractivity (Wildman–Crippen MR) is 128 cm³/mol. The molecule has 32 heavy (non-hydrogen) atoms. The van der Waals surface area contributed by atoms with Gasteiger partial charge in [-0.25, -0.2) is 0 Å². The summed E-state index contributed by atoms with van der Waals surface area (Å²) in [5, 5.41) is 6.80. The molecule has 2 aromatic carbocycles. The first-order valence-electron chi connectivity index (χ1n) is 10.4. The average molecular weight is 525 g/mol. The minimum Gasteiger partial charge on any atom is -0.468 e. The maximum Gasteiger partial charge on any atom is 0.319 e. The van der Waals surface area contributed by atoms with E-state index in [4.69, 9.17) is 21.1 Å². The van der Waals surface area contributed by atoms with E-state index < -0.39 is 12.0 Å². The summed E-state index contributed by atoms with van der Waals surface area (Å²) in [7, 11) is 1.34. The lowest BCUT2D eigenvalue weighted by molar-refractivity contribution is -0.139. The number of anilines is 1. The van der Waals surface area contributed by atoms with Crippen LogP contribution in [-0.4, -0.2) is 63.3 Å². The third-order valence-corrected chi connectivity index (χ3v) is 6.09. The molecule has 0 saturated carbocycles. The van der Waals surface area contributed by atoms with Crippen LogP contribution in [0, 0.1) is 0 Å². The Balaban J connectivity index is 1.82. The summed E-state index contributed by atoms with van der Waals surface area (Å²) in [6, 6.07) is 12.6. The third-order valence-electron chi connectivity index (χ3n) is 5.25. The summed E-state index contributed by atoms with van der Waals surface area (Å²) in [4.78, 5) is 26.8. The minimum absolute atomic E-state index is 0.0106. The van der Waals surface area contributed by atoms with Crippen LogP contribution in [0.5, 0.6) is 0 Å². The summed E-state index contributed by atoms with van der Waals surface area (Å²) >= 11 is 10.00. The predicted octanol–water partition coefficient (Wildman–Crippen LogP) is 3.62. The van der Waals surface area contributed by atoms with Crippen LogP contribution in [0.1, 0.15) is 23.6 Å². The first kappa shape index (κ1) is 24.7. The maximum absolute atomic E-state index is 12.7. The standard InChI is InChI=1S/C23H27BrClN3O4/c1-31-22(30)15-26-23(17-4-2-3-5-19(17)25)18-14-16(24)6-7-20(18)27-21(29)8-9-28-10-12-32-13-11-28/h2-7,14,23,26H,8-13,15H2,1H3,(H,27,29)/t23-/m0/s1. The van der Waals surface area contributed by atoms with E-state index in [1.165, 1.54) is 7.11 Å². The van der Waals surface area contributed by atoms with E-state index in [2.05, 4.69) is 31.5 Å². The van der Waals surface area contributed by atoms with Crippen LogP contribution in [-0.2, 0) is 19.1 Å². The van der Waals surface area contributed by atoms with Gasteiger partial charge in [-0.3, -0.25) is 19.8 Å². The molecule has 0 radical (unpaired) electrons. The van der Waals surface area contributed by atoms with E-state index in [0.717, 1.165) is 28.7 Å². The number of rotatable bonds is 9. The first-order valence-corrected chi connectivity index (χ1v) is 11.6. The second kappa shape index (κ2) is 12.3. The van der Waals surface area contributed by atoms with Gasteiger partial charge in [-0.2, -0.15) is 0 Å². The van der Waals surface area contributed by atoms with Crippen molar-refractivity contribution >= 4 is 45.1 Å². The lowest BCUT2D eigenvalue weighted by Crippen LogP contribution is -2.38. The number of nitrogens with one attached hydrogen (secondary N) is 2. The van der Waals surface area contributed by atoms with Crippen molar-refractivity contribution in [3.8, 4) is 0 Å². The van der Waals surface area contributed by atoms with Crippen molar-refractivity contribution in [3.05, 3.63) is 63.1 Å². The maximum atomic E-state index is 12.7. The van der Waals surface area contributed by atoms with Crippen LogP contribution in [0.4, 0.5) is 5.69 Å². The van der Waals surface area contributed by atoms with Crippen molar-refractivity contribution in [1.82, 2.24) is 10.2 Å². The number of benzene rings is 2. The average Bonchev–Trinajstić information content (AvgIpc) is 2.81. The zero-order valence-corrected chi connectivity index (χ0v) is 20.2. The van der Waals surface area contributed by atoms with E-state index in [9.17, 15) is 9.59 Å². The zero-order chi connectivity index (χ0) is 22.9. The van der Waals surface area contributed by atoms with E-state index in [1.807, 2.05) is 36.4 Å². The quantitative estimate of drug-likeness (QED) is 0.488. The van der Waals surface area contributed by atoms with E-state index in [1.54, 1.807) is 6.07 Å². The Morgan fingerprint density at radius 3 is 2.66 bits per heavy atom. The Hall–Kier alpha value is -1.97. The number of methoxy groups -OCH3 is 1. The van der Waals surface area contributed by atoms with Gasteiger partial charge >= 0.3 is 5.97 Å². The number of carbonyl (C=O) groups excluding carboxylic acids is 2. The second-order valence-electron chi connectivity index (χ2n) is 7.40. The molecule has 9 heteroatoms. The molecule has 0 aromatic heterocycles. The Morgan fingerprint density at radius 1 is 1.19 bits per heavy atom. The lowest BCUT2D eigenvalue weighted by atomic mass is 9.96. The van der Waals surface area contributed by atoms with Gasteiger partial charge in [0, 0.05) is 41.2 Å². The van der Waals surface area contributed by atoms with E-state index >= 15 is 0 Å². The highest BCUT2D eigenvalue weighted by Crippen LogP contribution is 2.34. The Labute approximate surface area is 201 Å². The zero-order valence-electron chi connectivity index (χ0n) is 17.9. The molecule has 3 rings (SSSR count). The SMILES string of the molecule is COC(=O)CN[C@@H](c1ccccc1Cl)c1cc(Br)ccc1NC(=O)CCN1CCOCC1. The van der Waals surface area contributed by atoms with Gasteiger partial charge in [-0.1, -0.05) is 45.7 Å². The van der Waals surface area contributed by atoms with Crippen molar-refractivity contribution < 1.29 is 19.1 Å². The Bertz CT molecular complexity index is 937. The van der Waals surface area contributed by atoms with Crippen molar-refractivity contribution in [2.24, 2.45) is 0 Å². The third kappa shape index (κ3) is 7.02. The molecule has 0 spiro atoms. The molecule has 1 amide bonds. The minimum atomic E-state index is -0.435. The summed E-state index contributed by atoms with van der Waals surface area (Å²) < 4.78 is 11.0. The van der Waals surface area contributed by atoms with Crippen LogP contribution in [0.3, 0.4) is 0 Å². The van der Waals surface area contributed by atoms with Gasteiger partial charge in [-0.05, 0) is 35.4 Å². The van der Waals surface area contributed by atoms with Crippen LogP contribution >= 0.6 is 27.5 Å². The summed E-state index contributed by atoms with van der Waals surface area (Å²) in [6.45, 7) is 3.73. The molecule has 0 aliphatic carbocycles. The molecule has 172 valence electrons. The van der Waals surface area contributed by atoms with Gasteiger partial charge in [0.15, 0.2) is 0 Å². The number of nitrogens with zero attached hydrogens (tertiary/aromatic N) is 1. The fraction of sp³-hybridized carbons (Fsp3) is 0.391. The molecule has 2 aromatic rings. The molecule has 1 saturated heterocycles. The molecule has 2 N–H and O–H groups in total. The summed E-state index contributed by atoms with van der Waals surface area (Å²) in [6.07, 6.45) is 0.377. The number of ether oxygens (including phenoxy) is 2. The van der Waals surface area contributed by atoms with Gasteiger partial charge in [-0.15, -0.1) is 0 Å². The monoisotopic (exact) mass is 523 g/mol. The van der Waals surface area contributed by atoms with Gasteiger partial charge in [0.2, 0.25) is 5.91 Å². The molecular weight excluding hydrogens is 498 g/mol. The molecular formula is C23H27BrClN3O4. The number of amides is 1. The number of hydrogen-bond donors (Lipinski definition) is 2. The van der Waals surface area contributed by atoms with E-state index in [0.29, 0.717) is 36.9 Å². The van der Waals surface area contributed by atoms with E-state index in [-0.39, 0.29) is 12.5 Å². The van der Waals surface area contributed by atoms with Crippen molar-refractivity contribution in [2.45, 2.75) is 12.5 Å². The molecule has 1 aliphatic heterocycles. The lowest BCUT2D eigenvalue weighted by Gasteiger charge is -2.26. The van der Waals surface area contributed by atoms with Gasteiger partial charge in [0.25, 0.3) is 0 Å². The van der Waals surface area contributed by atoms with Gasteiger partial charge < -0.3 is 14.8 Å². The highest BCUT2D eigenvalue weighted by molar-refractivity contribution is 9.10. The van der Waals surface area contributed by atoms with Crippen LogP contribution in [0.2, 0.25) is 5.02 Å². The van der Waals surface area contributed by atoms with Crippen molar-refractivity contribution in [2.75, 3.05) is 51.8 Å². The summed E-state index contributed by atoms with van der Waals surface area (Å²) in [5.41, 5.74) is 2.23. The molecule has 1 atom stereocenters. The fourth-order valence-corrected chi connectivity index (χ4v) is 4.16. The number of morpholine rings is 1. The molecule has 0 unspecified atom stereocenters. The number of esters is 1. The second-order valence-corrected chi connectivity index (χ2v) is 8.72. The van der Waals surface area contributed by atoms with Gasteiger partial charge in [0.05, 0.1) is 32.9 Å². The smallest absolute Gasteiger partial charge is 0.319 e. The molecule has 1 fully saturated rings. The molecule has 0 bridgehead atoms. The fourth-order valence-electron chi connectivity index (χ4n) is 3.54. The van der Waals surface area contributed by atoms with Crippen LogP contribution < -0.4 is 10.6 Å².